The molecule has 0 aliphatic carbocycles. The minimum atomic E-state index is -0.634. The van der Waals surface area contributed by atoms with Gasteiger partial charge in [0.05, 0.1) is 11.1 Å². The van der Waals surface area contributed by atoms with Gasteiger partial charge >= 0.3 is 0 Å². The summed E-state index contributed by atoms with van der Waals surface area (Å²) in [5, 5.41) is 0. The minimum Gasteiger partial charge on any atom is -0.366 e. The van der Waals surface area contributed by atoms with Crippen LogP contribution in [0.3, 0.4) is 0 Å². The molecule has 2 amide bonds. The van der Waals surface area contributed by atoms with Crippen molar-refractivity contribution in [3.63, 3.8) is 0 Å². The lowest BCUT2D eigenvalue weighted by Gasteiger charge is -2.31. The second-order valence-corrected chi connectivity index (χ2v) is 7.17. The zero-order valence-electron chi connectivity index (χ0n) is 13.1. The summed E-state index contributed by atoms with van der Waals surface area (Å²) in [6.07, 6.45) is 0. The van der Waals surface area contributed by atoms with Crippen LogP contribution in [-0.4, -0.2) is 11.8 Å². The Labute approximate surface area is 120 Å². The number of carbonyl (C=O) groups is 2. The van der Waals surface area contributed by atoms with Crippen molar-refractivity contribution in [1.82, 2.24) is 0 Å². The van der Waals surface area contributed by atoms with E-state index in [1.807, 2.05) is 0 Å². The quantitative estimate of drug-likeness (QED) is 0.869. The number of primary amides is 2. The molecule has 1 aromatic carbocycles. The molecule has 0 aliphatic heterocycles. The summed E-state index contributed by atoms with van der Waals surface area (Å²) in [5.74, 6) is -1.27. The first-order valence-corrected chi connectivity index (χ1v) is 6.64. The van der Waals surface area contributed by atoms with Crippen molar-refractivity contribution >= 4 is 11.8 Å². The van der Waals surface area contributed by atoms with E-state index in [4.69, 9.17) is 11.5 Å². The number of hydrogen-bond acceptors (Lipinski definition) is 2. The molecule has 0 saturated carbocycles. The van der Waals surface area contributed by atoms with Crippen molar-refractivity contribution < 1.29 is 9.59 Å². The van der Waals surface area contributed by atoms with Gasteiger partial charge in [-0.3, -0.25) is 9.59 Å². The van der Waals surface area contributed by atoms with Gasteiger partial charge in [-0.2, -0.15) is 0 Å². The zero-order chi connectivity index (χ0) is 15.9. The van der Waals surface area contributed by atoms with Gasteiger partial charge in [0.2, 0.25) is 11.8 Å². The van der Waals surface area contributed by atoms with E-state index in [-0.39, 0.29) is 22.0 Å². The maximum absolute atomic E-state index is 11.6. The zero-order valence-corrected chi connectivity index (χ0v) is 13.1. The van der Waals surface area contributed by atoms with Crippen LogP contribution >= 0.6 is 0 Å². The molecule has 0 saturated heterocycles. The molecule has 0 aromatic heterocycles. The molecule has 20 heavy (non-hydrogen) atoms. The molecule has 110 valence electrons. The summed E-state index contributed by atoms with van der Waals surface area (Å²) in [4.78, 5) is 23.2. The third kappa shape index (κ3) is 3.18. The highest BCUT2D eigenvalue weighted by Crippen LogP contribution is 2.35. The smallest absolute Gasteiger partial charge is 0.249 e. The molecule has 4 heteroatoms. The second-order valence-electron chi connectivity index (χ2n) is 7.17. The Kier molecular flexibility index (Phi) is 3.99. The van der Waals surface area contributed by atoms with Gasteiger partial charge in [-0.15, -0.1) is 0 Å². The Bertz CT molecular complexity index is 510. The summed E-state index contributed by atoms with van der Waals surface area (Å²) >= 11 is 0. The molecule has 1 aromatic rings. The molecule has 4 N–H and O–H groups in total. The third-order valence-corrected chi connectivity index (χ3v) is 3.30. The van der Waals surface area contributed by atoms with E-state index < -0.39 is 11.8 Å². The first-order chi connectivity index (χ1) is 8.85. The molecule has 0 aliphatic rings. The van der Waals surface area contributed by atoms with Crippen LogP contribution in [0.25, 0.3) is 0 Å². The van der Waals surface area contributed by atoms with E-state index >= 15 is 0 Å². The molecule has 4 nitrogen and oxygen atoms in total. The molecule has 0 fully saturated rings. The van der Waals surface area contributed by atoms with E-state index in [0.717, 1.165) is 11.1 Å². The van der Waals surface area contributed by atoms with Crippen molar-refractivity contribution in [2.75, 3.05) is 0 Å². The summed E-state index contributed by atoms with van der Waals surface area (Å²) in [6.45, 7) is 12.4. The van der Waals surface area contributed by atoms with Crippen LogP contribution < -0.4 is 11.5 Å². The fraction of sp³-hybridized carbons (Fsp3) is 0.500. The van der Waals surface area contributed by atoms with Gasteiger partial charge in [0.15, 0.2) is 0 Å². The topological polar surface area (TPSA) is 86.2 Å². The maximum Gasteiger partial charge on any atom is 0.249 e. The molecule has 0 radical (unpaired) electrons. The van der Waals surface area contributed by atoms with E-state index in [1.54, 1.807) is 12.1 Å². The monoisotopic (exact) mass is 276 g/mol. The van der Waals surface area contributed by atoms with Crippen molar-refractivity contribution in [3.8, 4) is 0 Å². The van der Waals surface area contributed by atoms with Gasteiger partial charge < -0.3 is 11.5 Å². The lowest BCUT2D eigenvalue weighted by atomic mass is 9.73. The van der Waals surface area contributed by atoms with Crippen molar-refractivity contribution in [1.29, 1.82) is 0 Å². The highest BCUT2D eigenvalue weighted by atomic mass is 16.2. The standard InChI is InChI=1S/C16H24N2O2/c1-15(2,3)11-7-9(13(17)19)10(14(18)20)8-12(11)16(4,5)6/h7-8H,1-6H3,(H2,17,19)(H2,18,20). The highest BCUT2D eigenvalue weighted by molar-refractivity contribution is 6.06. The average molecular weight is 276 g/mol. The molecule has 1 rings (SSSR count). The fourth-order valence-electron chi connectivity index (χ4n) is 2.25. The summed E-state index contributed by atoms with van der Waals surface area (Å²) in [6, 6.07) is 3.42. The summed E-state index contributed by atoms with van der Waals surface area (Å²) in [5.41, 5.74) is 12.8. The van der Waals surface area contributed by atoms with E-state index in [2.05, 4.69) is 41.5 Å². The number of rotatable bonds is 2. The first kappa shape index (κ1) is 16.2. The van der Waals surface area contributed by atoms with Crippen LogP contribution in [-0.2, 0) is 10.8 Å². The molecule has 0 spiro atoms. The normalized spacial score (nSPS) is 12.3. The Balaban J connectivity index is 3.80. The Morgan fingerprint density at radius 2 is 1.00 bits per heavy atom. The number of nitrogens with two attached hydrogens (primary N) is 2. The van der Waals surface area contributed by atoms with Crippen molar-refractivity contribution in [2.45, 2.75) is 52.4 Å². The Morgan fingerprint density at radius 3 is 1.15 bits per heavy atom. The highest BCUT2D eigenvalue weighted by Gasteiger charge is 2.28. The Morgan fingerprint density at radius 1 is 0.750 bits per heavy atom. The predicted molar refractivity (Wildman–Crippen MR) is 80.9 cm³/mol. The van der Waals surface area contributed by atoms with Gasteiger partial charge in [0.1, 0.15) is 0 Å². The number of hydrogen-bond donors (Lipinski definition) is 2. The molecule has 0 bridgehead atoms. The number of benzene rings is 1. The van der Waals surface area contributed by atoms with Crippen LogP contribution in [0.1, 0.15) is 73.4 Å². The van der Waals surface area contributed by atoms with Gasteiger partial charge in [-0.1, -0.05) is 41.5 Å². The molecular formula is C16H24N2O2. The largest absolute Gasteiger partial charge is 0.366 e. The molecular weight excluding hydrogens is 252 g/mol. The minimum absolute atomic E-state index is 0.164. The second kappa shape index (κ2) is 4.93. The lowest BCUT2D eigenvalue weighted by molar-refractivity contribution is 0.0967. The van der Waals surface area contributed by atoms with Gasteiger partial charge in [-0.05, 0) is 34.1 Å². The summed E-state index contributed by atoms with van der Waals surface area (Å²) < 4.78 is 0. The number of carbonyl (C=O) groups excluding carboxylic acids is 2. The average Bonchev–Trinajstić information content (AvgIpc) is 2.24. The fourth-order valence-corrected chi connectivity index (χ4v) is 2.25. The number of amides is 2. The van der Waals surface area contributed by atoms with Crippen LogP contribution in [0.2, 0.25) is 0 Å². The van der Waals surface area contributed by atoms with Crippen LogP contribution in [0.15, 0.2) is 12.1 Å². The van der Waals surface area contributed by atoms with E-state index in [1.165, 1.54) is 0 Å². The van der Waals surface area contributed by atoms with Crippen LogP contribution in [0, 0.1) is 0 Å². The Hall–Kier alpha value is -1.84. The first-order valence-electron chi connectivity index (χ1n) is 6.64. The lowest BCUT2D eigenvalue weighted by Crippen LogP contribution is -2.27. The van der Waals surface area contributed by atoms with Gasteiger partial charge in [0, 0.05) is 0 Å². The molecule has 0 heterocycles. The maximum atomic E-state index is 11.6. The van der Waals surface area contributed by atoms with Crippen molar-refractivity contribution in [3.05, 3.63) is 34.4 Å². The SMILES string of the molecule is CC(C)(C)c1cc(C(N)=O)c(C(N)=O)cc1C(C)(C)C. The predicted octanol–water partition coefficient (Wildman–Crippen LogP) is 2.48. The summed E-state index contributed by atoms with van der Waals surface area (Å²) in [7, 11) is 0. The van der Waals surface area contributed by atoms with E-state index in [0.29, 0.717) is 0 Å². The van der Waals surface area contributed by atoms with Gasteiger partial charge in [0.25, 0.3) is 0 Å². The van der Waals surface area contributed by atoms with E-state index in [9.17, 15) is 9.59 Å². The van der Waals surface area contributed by atoms with Crippen LogP contribution in [0.5, 0.6) is 0 Å². The molecule has 0 unspecified atom stereocenters. The van der Waals surface area contributed by atoms with Crippen molar-refractivity contribution in [2.24, 2.45) is 11.5 Å². The molecule has 0 atom stereocenters. The third-order valence-electron chi connectivity index (χ3n) is 3.30. The van der Waals surface area contributed by atoms with Gasteiger partial charge in [-0.25, -0.2) is 0 Å². The van der Waals surface area contributed by atoms with Crippen LogP contribution in [0.4, 0.5) is 0 Å².